The van der Waals surface area contributed by atoms with Crippen LogP contribution in [0.15, 0.2) is 24.3 Å². The molecule has 1 amide bonds. The van der Waals surface area contributed by atoms with Crippen LogP contribution in [0.5, 0.6) is 0 Å². The van der Waals surface area contributed by atoms with Crippen molar-refractivity contribution in [2.75, 3.05) is 0 Å². The third kappa shape index (κ3) is 3.58. The summed E-state index contributed by atoms with van der Waals surface area (Å²) < 4.78 is 6.00. The maximum atomic E-state index is 11.7. The van der Waals surface area contributed by atoms with Gasteiger partial charge in [0.1, 0.15) is 0 Å². The molecule has 0 saturated heterocycles. The predicted molar refractivity (Wildman–Crippen MR) is 78.9 cm³/mol. The minimum atomic E-state index is -0.269. The zero-order valence-corrected chi connectivity index (χ0v) is 12.3. The molecule has 0 spiro atoms. The molecule has 1 saturated carbocycles. The minimum Gasteiger partial charge on any atom is -0.374 e. The van der Waals surface area contributed by atoms with E-state index in [0.717, 1.165) is 24.3 Å². The summed E-state index contributed by atoms with van der Waals surface area (Å²) in [5.74, 6) is 6.42. The second-order valence-corrected chi connectivity index (χ2v) is 5.83. The van der Waals surface area contributed by atoms with E-state index in [-0.39, 0.29) is 5.91 Å². The van der Waals surface area contributed by atoms with E-state index in [1.165, 1.54) is 6.42 Å². The molecule has 3 N–H and O–H groups in total. The van der Waals surface area contributed by atoms with Crippen molar-refractivity contribution >= 4 is 5.91 Å². The Morgan fingerprint density at radius 3 is 2.75 bits per heavy atom. The number of amides is 1. The molecule has 1 aromatic rings. The average molecular weight is 276 g/mol. The van der Waals surface area contributed by atoms with Gasteiger partial charge in [0.2, 0.25) is 0 Å². The number of nitrogen functional groups attached to an aromatic ring is 1. The van der Waals surface area contributed by atoms with Crippen molar-refractivity contribution in [1.29, 1.82) is 0 Å². The largest absolute Gasteiger partial charge is 0.374 e. The van der Waals surface area contributed by atoms with Gasteiger partial charge >= 0.3 is 0 Å². The smallest absolute Gasteiger partial charge is 0.265 e. The number of ether oxygens (including phenoxy) is 1. The van der Waals surface area contributed by atoms with Crippen molar-refractivity contribution in [3.8, 4) is 0 Å². The van der Waals surface area contributed by atoms with Crippen LogP contribution in [0.1, 0.15) is 49.0 Å². The van der Waals surface area contributed by atoms with Crippen LogP contribution in [0.4, 0.5) is 0 Å². The molecule has 1 aliphatic carbocycles. The fourth-order valence-corrected chi connectivity index (χ4v) is 2.80. The lowest BCUT2D eigenvalue weighted by Gasteiger charge is -2.32. The normalized spacial score (nSPS) is 26.2. The Hall–Kier alpha value is -1.39. The van der Waals surface area contributed by atoms with Crippen molar-refractivity contribution in [3.63, 3.8) is 0 Å². The van der Waals surface area contributed by atoms with Crippen molar-refractivity contribution in [2.24, 2.45) is 17.7 Å². The summed E-state index contributed by atoms with van der Waals surface area (Å²) >= 11 is 0. The first-order valence-corrected chi connectivity index (χ1v) is 7.32. The number of hydrogen-bond donors (Lipinski definition) is 2. The van der Waals surface area contributed by atoms with E-state index in [2.05, 4.69) is 19.3 Å². The fourth-order valence-electron chi connectivity index (χ4n) is 2.80. The first kappa shape index (κ1) is 15.0. The summed E-state index contributed by atoms with van der Waals surface area (Å²) in [6.45, 7) is 5.06. The van der Waals surface area contributed by atoms with Gasteiger partial charge in [0, 0.05) is 5.56 Å². The van der Waals surface area contributed by atoms with E-state index in [1.54, 1.807) is 6.07 Å². The number of rotatable bonds is 4. The van der Waals surface area contributed by atoms with Crippen molar-refractivity contribution in [1.82, 2.24) is 5.43 Å². The lowest BCUT2D eigenvalue weighted by Crippen LogP contribution is -2.31. The molecule has 0 bridgehead atoms. The molecule has 0 aromatic heterocycles. The van der Waals surface area contributed by atoms with Crippen LogP contribution in [-0.2, 0) is 11.3 Å². The Morgan fingerprint density at radius 1 is 1.30 bits per heavy atom. The third-order valence-electron chi connectivity index (χ3n) is 4.42. The van der Waals surface area contributed by atoms with Gasteiger partial charge in [0.25, 0.3) is 5.91 Å². The van der Waals surface area contributed by atoms with Gasteiger partial charge in [-0.05, 0) is 42.7 Å². The number of hydrazine groups is 1. The van der Waals surface area contributed by atoms with Gasteiger partial charge in [0.05, 0.1) is 12.7 Å². The van der Waals surface area contributed by atoms with E-state index in [1.807, 2.05) is 18.2 Å². The van der Waals surface area contributed by atoms with Crippen LogP contribution in [0, 0.1) is 11.8 Å². The van der Waals surface area contributed by atoms with E-state index in [4.69, 9.17) is 10.6 Å². The van der Waals surface area contributed by atoms with Crippen LogP contribution in [0.2, 0.25) is 0 Å². The quantitative estimate of drug-likeness (QED) is 0.505. The molecule has 1 fully saturated rings. The highest BCUT2D eigenvalue weighted by Gasteiger charge is 2.25. The molecular formula is C16H24N2O2. The molecule has 0 heterocycles. The molecule has 4 nitrogen and oxygen atoms in total. The van der Waals surface area contributed by atoms with Gasteiger partial charge < -0.3 is 4.74 Å². The van der Waals surface area contributed by atoms with E-state index >= 15 is 0 Å². The van der Waals surface area contributed by atoms with Gasteiger partial charge in [-0.1, -0.05) is 32.0 Å². The number of carbonyl (C=O) groups excluding carboxylic acids is 1. The standard InChI is InChI=1S/C16H24N2O2/c1-11-7-8-14(9-12(11)2)20-10-13-5-3-4-6-15(13)16(19)18-17/h3-6,11-12,14H,7-10,17H2,1-2H3,(H,18,19). The monoisotopic (exact) mass is 276 g/mol. The molecule has 0 aliphatic heterocycles. The maximum absolute atomic E-state index is 11.7. The van der Waals surface area contributed by atoms with Crippen LogP contribution >= 0.6 is 0 Å². The molecule has 4 heteroatoms. The van der Waals surface area contributed by atoms with Gasteiger partial charge in [-0.15, -0.1) is 0 Å². The number of nitrogens with one attached hydrogen (secondary N) is 1. The Kier molecular flexibility index (Phi) is 5.15. The van der Waals surface area contributed by atoms with Gasteiger partial charge in [0.15, 0.2) is 0 Å². The molecule has 110 valence electrons. The van der Waals surface area contributed by atoms with Gasteiger partial charge in [-0.2, -0.15) is 0 Å². The fraction of sp³-hybridized carbons (Fsp3) is 0.562. The zero-order chi connectivity index (χ0) is 14.5. The first-order chi connectivity index (χ1) is 9.61. The maximum Gasteiger partial charge on any atom is 0.265 e. The van der Waals surface area contributed by atoms with Crippen LogP contribution in [-0.4, -0.2) is 12.0 Å². The Labute approximate surface area is 120 Å². The van der Waals surface area contributed by atoms with Crippen LogP contribution < -0.4 is 11.3 Å². The zero-order valence-electron chi connectivity index (χ0n) is 12.3. The van der Waals surface area contributed by atoms with Crippen LogP contribution in [0.3, 0.4) is 0 Å². The third-order valence-corrected chi connectivity index (χ3v) is 4.42. The van der Waals surface area contributed by atoms with E-state index in [9.17, 15) is 4.79 Å². The van der Waals surface area contributed by atoms with Crippen LogP contribution in [0.25, 0.3) is 0 Å². The molecule has 2 rings (SSSR count). The highest BCUT2D eigenvalue weighted by Crippen LogP contribution is 2.31. The van der Waals surface area contributed by atoms with Crippen molar-refractivity contribution in [2.45, 2.75) is 45.8 Å². The van der Waals surface area contributed by atoms with Crippen molar-refractivity contribution in [3.05, 3.63) is 35.4 Å². The molecular weight excluding hydrogens is 252 g/mol. The molecule has 3 unspecified atom stereocenters. The first-order valence-electron chi connectivity index (χ1n) is 7.32. The summed E-state index contributed by atoms with van der Waals surface area (Å²) in [6, 6.07) is 7.43. The number of nitrogens with two attached hydrogens (primary N) is 1. The molecule has 1 aliphatic rings. The Morgan fingerprint density at radius 2 is 2.05 bits per heavy atom. The summed E-state index contributed by atoms with van der Waals surface area (Å²) in [5, 5.41) is 0. The molecule has 20 heavy (non-hydrogen) atoms. The topological polar surface area (TPSA) is 64.3 Å². The number of hydrogen-bond acceptors (Lipinski definition) is 3. The van der Waals surface area contributed by atoms with E-state index in [0.29, 0.717) is 24.2 Å². The van der Waals surface area contributed by atoms with Gasteiger partial charge in [-0.25, -0.2) is 5.84 Å². The minimum absolute atomic E-state index is 0.269. The van der Waals surface area contributed by atoms with E-state index < -0.39 is 0 Å². The average Bonchev–Trinajstić information content (AvgIpc) is 2.48. The summed E-state index contributed by atoms with van der Waals surface area (Å²) in [6.07, 6.45) is 3.73. The molecule has 1 aromatic carbocycles. The highest BCUT2D eigenvalue weighted by molar-refractivity contribution is 5.95. The Bertz CT molecular complexity index is 462. The lowest BCUT2D eigenvalue weighted by atomic mass is 9.80. The predicted octanol–water partition coefficient (Wildman–Crippen LogP) is 2.63. The molecule has 3 atom stereocenters. The molecule has 0 radical (unpaired) electrons. The SMILES string of the molecule is CC1CCC(OCc2ccccc2C(=O)NN)CC1C. The lowest BCUT2D eigenvalue weighted by molar-refractivity contribution is -0.00768. The number of benzene rings is 1. The van der Waals surface area contributed by atoms with Gasteiger partial charge in [-0.3, -0.25) is 10.2 Å². The summed E-state index contributed by atoms with van der Waals surface area (Å²) in [7, 11) is 0. The summed E-state index contributed by atoms with van der Waals surface area (Å²) in [5.41, 5.74) is 3.66. The Balaban J connectivity index is 1.96. The van der Waals surface area contributed by atoms with Crippen molar-refractivity contribution < 1.29 is 9.53 Å². The number of carbonyl (C=O) groups is 1. The summed E-state index contributed by atoms with van der Waals surface area (Å²) in [4.78, 5) is 11.7. The second-order valence-electron chi connectivity index (χ2n) is 5.83. The highest BCUT2D eigenvalue weighted by atomic mass is 16.5. The second kappa shape index (κ2) is 6.86.